The quantitative estimate of drug-likeness (QED) is 0.919. The summed E-state index contributed by atoms with van der Waals surface area (Å²) in [4.78, 5) is 14.6. The Morgan fingerprint density at radius 3 is 3.00 bits per heavy atom. The van der Waals surface area contributed by atoms with Gasteiger partial charge in [0.2, 0.25) is 0 Å². The standard InChI is InChI=1S/C16H24N2O2/c1-3-7-17-15-12-13(2)5-6-14(15)16(19)18-8-4-10-20-11-9-18/h5-6,12,17H,3-4,7-11H2,1-2H3. The number of carbonyl (C=O) groups excluding carboxylic acids is 1. The topological polar surface area (TPSA) is 41.6 Å². The summed E-state index contributed by atoms with van der Waals surface area (Å²) >= 11 is 0. The Hall–Kier alpha value is -1.55. The number of ether oxygens (including phenoxy) is 1. The highest BCUT2D eigenvalue weighted by molar-refractivity contribution is 5.99. The minimum Gasteiger partial charge on any atom is -0.384 e. The number of nitrogens with one attached hydrogen (secondary N) is 1. The fourth-order valence-corrected chi connectivity index (χ4v) is 2.37. The molecule has 2 rings (SSSR count). The molecular formula is C16H24N2O2. The van der Waals surface area contributed by atoms with Crippen molar-refractivity contribution in [2.75, 3.05) is 38.2 Å². The third-order valence-electron chi connectivity index (χ3n) is 3.48. The van der Waals surface area contributed by atoms with Gasteiger partial charge < -0.3 is 15.0 Å². The minimum absolute atomic E-state index is 0.106. The summed E-state index contributed by atoms with van der Waals surface area (Å²) in [5.41, 5.74) is 2.88. The summed E-state index contributed by atoms with van der Waals surface area (Å²) < 4.78 is 5.42. The molecule has 1 aromatic rings. The Labute approximate surface area is 121 Å². The van der Waals surface area contributed by atoms with Crippen LogP contribution in [-0.4, -0.2) is 43.7 Å². The minimum atomic E-state index is 0.106. The summed E-state index contributed by atoms with van der Waals surface area (Å²) in [6.07, 6.45) is 1.95. The van der Waals surface area contributed by atoms with Crippen LogP contribution in [0.3, 0.4) is 0 Å². The predicted molar refractivity (Wildman–Crippen MR) is 81.3 cm³/mol. The van der Waals surface area contributed by atoms with E-state index in [9.17, 15) is 4.79 Å². The van der Waals surface area contributed by atoms with Crippen LogP contribution in [0.1, 0.15) is 35.7 Å². The van der Waals surface area contributed by atoms with Crippen LogP contribution in [0.4, 0.5) is 5.69 Å². The number of hydrogen-bond acceptors (Lipinski definition) is 3. The molecule has 0 radical (unpaired) electrons. The highest BCUT2D eigenvalue weighted by atomic mass is 16.5. The zero-order valence-electron chi connectivity index (χ0n) is 12.4. The number of aryl methyl sites for hydroxylation is 1. The van der Waals surface area contributed by atoms with Gasteiger partial charge in [0.15, 0.2) is 0 Å². The van der Waals surface area contributed by atoms with Gasteiger partial charge in [0.25, 0.3) is 5.91 Å². The lowest BCUT2D eigenvalue weighted by Crippen LogP contribution is -2.33. The van der Waals surface area contributed by atoms with Gasteiger partial charge in [-0.3, -0.25) is 4.79 Å². The Balaban J connectivity index is 2.18. The average Bonchev–Trinajstić information content (AvgIpc) is 2.73. The second kappa shape index (κ2) is 7.29. The van der Waals surface area contributed by atoms with Crippen LogP contribution in [0.15, 0.2) is 18.2 Å². The van der Waals surface area contributed by atoms with Gasteiger partial charge in [0.1, 0.15) is 0 Å². The molecule has 1 amide bonds. The smallest absolute Gasteiger partial charge is 0.256 e. The first-order chi connectivity index (χ1) is 9.72. The van der Waals surface area contributed by atoms with E-state index in [1.165, 1.54) is 5.56 Å². The predicted octanol–water partition coefficient (Wildman–Crippen LogP) is 2.68. The maximum Gasteiger partial charge on any atom is 0.256 e. The van der Waals surface area contributed by atoms with Gasteiger partial charge >= 0.3 is 0 Å². The highest BCUT2D eigenvalue weighted by Gasteiger charge is 2.20. The molecule has 110 valence electrons. The van der Waals surface area contributed by atoms with E-state index in [1.807, 2.05) is 24.0 Å². The molecule has 0 unspecified atom stereocenters. The van der Waals surface area contributed by atoms with Crippen molar-refractivity contribution in [1.82, 2.24) is 4.90 Å². The molecule has 1 aliphatic heterocycles. The van der Waals surface area contributed by atoms with Crippen molar-refractivity contribution in [2.24, 2.45) is 0 Å². The maximum absolute atomic E-state index is 12.7. The molecule has 1 saturated heterocycles. The monoisotopic (exact) mass is 276 g/mol. The first kappa shape index (κ1) is 14.9. The number of benzene rings is 1. The third-order valence-corrected chi connectivity index (χ3v) is 3.48. The van der Waals surface area contributed by atoms with Gasteiger partial charge in [-0.15, -0.1) is 0 Å². The van der Waals surface area contributed by atoms with E-state index in [0.717, 1.165) is 43.8 Å². The molecule has 0 atom stereocenters. The van der Waals surface area contributed by atoms with Gasteiger partial charge in [0, 0.05) is 31.9 Å². The zero-order valence-corrected chi connectivity index (χ0v) is 12.4. The summed E-state index contributed by atoms with van der Waals surface area (Å²) in [6, 6.07) is 5.98. The van der Waals surface area contributed by atoms with Crippen LogP contribution >= 0.6 is 0 Å². The number of anilines is 1. The van der Waals surface area contributed by atoms with Crippen LogP contribution < -0.4 is 5.32 Å². The van der Waals surface area contributed by atoms with Crippen molar-refractivity contribution < 1.29 is 9.53 Å². The van der Waals surface area contributed by atoms with Crippen LogP contribution in [0.25, 0.3) is 0 Å². The van der Waals surface area contributed by atoms with Crippen LogP contribution in [0.2, 0.25) is 0 Å². The van der Waals surface area contributed by atoms with Crippen molar-refractivity contribution in [2.45, 2.75) is 26.7 Å². The molecule has 0 spiro atoms. The zero-order chi connectivity index (χ0) is 14.4. The molecule has 1 N–H and O–H groups in total. The van der Waals surface area contributed by atoms with Gasteiger partial charge in [-0.1, -0.05) is 13.0 Å². The first-order valence-corrected chi connectivity index (χ1v) is 7.44. The van der Waals surface area contributed by atoms with Crippen molar-refractivity contribution in [3.63, 3.8) is 0 Å². The van der Waals surface area contributed by atoms with E-state index < -0.39 is 0 Å². The Morgan fingerprint density at radius 2 is 2.20 bits per heavy atom. The molecule has 20 heavy (non-hydrogen) atoms. The lowest BCUT2D eigenvalue weighted by atomic mass is 10.1. The van der Waals surface area contributed by atoms with E-state index >= 15 is 0 Å². The molecule has 1 aromatic carbocycles. The molecule has 0 aromatic heterocycles. The maximum atomic E-state index is 12.7. The molecular weight excluding hydrogens is 252 g/mol. The summed E-state index contributed by atoms with van der Waals surface area (Å²) in [5, 5.41) is 3.36. The van der Waals surface area contributed by atoms with E-state index in [4.69, 9.17) is 4.74 Å². The van der Waals surface area contributed by atoms with Crippen LogP contribution in [0, 0.1) is 6.92 Å². The van der Waals surface area contributed by atoms with Gasteiger partial charge in [-0.2, -0.15) is 0 Å². The fourth-order valence-electron chi connectivity index (χ4n) is 2.37. The molecule has 1 fully saturated rings. The highest BCUT2D eigenvalue weighted by Crippen LogP contribution is 2.20. The second-order valence-corrected chi connectivity index (χ2v) is 5.23. The molecule has 0 bridgehead atoms. The average molecular weight is 276 g/mol. The summed E-state index contributed by atoms with van der Waals surface area (Å²) in [5.74, 6) is 0.106. The largest absolute Gasteiger partial charge is 0.384 e. The molecule has 0 saturated carbocycles. The summed E-state index contributed by atoms with van der Waals surface area (Å²) in [6.45, 7) is 7.89. The van der Waals surface area contributed by atoms with Crippen LogP contribution in [0.5, 0.6) is 0 Å². The van der Waals surface area contributed by atoms with Crippen molar-refractivity contribution in [1.29, 1.82) is 0 Å². The molecule has 4 nitrogen and oxygen atoms in total. The van der Waals surface area contributed by atoms with Gasteiger partial charge in [0.05, 0.1) is 12.2 Å². The molecule has 4 heteroatoms. The lowest BCUT2D eigenvalue weighted by molar-refractivity contribution is 0.0742. The van der Waals surface area contributed by atoms with E-state index in [2.05, 4.69) is 18.3 Å². The normalized spacial score (nSPS) is 15.8. The fraction of sp³-hybridized carbons (Fsp3) is 0.562. The van der Waals surface area contributed by atoms with Crippen molar-refractivity contribution in [3.05, 3.63) is 29.3 Å². The lowest BCUT2D eigenvalue weighted by Gasteiger charge is -2.22. The van der Waals surface area contributed by atoms with Gasteiger partial charge in [-0.25, -0.2) is 0 Å². The number of rotatable bonds is 4. The van der Waals surface area contributed by atoms with E-state index in [1.54, 1.807) is 0 Å². The van der Waals surface area contributed by atoms with Crippen molar-refractivity contribution >= 4 is 11.6 Å². The third kappa shape index (κ3) is 3.73. The Morgan fingerprint density at radius 1 is 1.35 bits per heavy atom. The van der Waals surface area contributed by atoms with Crippen LogP contribution in [-0.2, 0) is 4.74 Å². The van der Waals surface area contributed by atoms with Gasteiger partial charge in [-0.05, 0) is 37.5 Å². The Bertz CT molecular complexity index is 452. The van der Waals surface area contributed by atoms with Crippen molar-refractivity contribution in [3.8, 4) is 0 Å². The number of nitrogens with zero attached hydrogens (tertiary/aromatic N) is 1. The van der Waals surface area contributed by atoms with E-state index in [0.29, 0.717) is 13.2 Å². The number of carbonyl (C=O) groups is 1. The second-order valence-electron chi connectivity index (χ2n) is 5.23. The molecule has 0 aliphatic carbocycles. The number of hydrogen-bond donors (Lipinski definition) is 1. The Kier molecular flexibility index (Phi) is 5.41. The molecule has 1 aliphatic rings. The first-order valence-electron chi connectivity index (χ1n) is 7.44. The molecule has 1 heterocycles. The number of amides is 1. The van der Waals surface area contributed by atoms with E-state index in [-0.39, 0.29) is 5.91 Å². The summed E-state index contributed by atoms with van der Waals surface area (Å²) in [7, 11) is 0. The SMILES string of the molecule is CCCNc1cc(C)ccc1C(=O)N1CCCOCC1.